The van der Waals surface area contributed by atoms with Crippen LogP contribution < -0.4 is 10.2 Å². The lowest BCUT2D eigenvalue weighted by molar-refractivity contribution is -0.321. The molecule has 0 atom stereocenters. The van der Waals surface area contributed by atoms with E-state index in [2.05, 4.69) is 13.8 Å². The summed E-state index contributed by atoms with van der Waals surface area (Å²) in [5.41, 5.74) is -0.656. The summed E-state index contributed by atoms with van der Waals surface area (Å²) in [5.74, 6) is -1.87. The first-order valence-corrected chi connectivity index (χ1v) is 8.89. The average molecular weight is 312 g/mol. The molecule has 0 fully saturated rings. The number of carbonyl (C=O) groups excluding carboxylic acids is 2. The highest BCUT2D eigenvalue weighted by Gasteiger charge is 2.29. The lowest BCUT2D eigenvalue weighted by atomic mass is 9.74. The minimum Gasteiger partial charge on any atom is -0.550 e. The molecule has 0 aromatic carbocycles. The van der Waals surface area contributed by atoms with Crippen molar-refractivity contribution in [1.82, 2.24) is 0 Å². The van der Waals surface area contributed by atoms with Gasteiger partial charge in [-0.1, -0.05) is 65.2 Å². The molecule has 0 N–H and O–H groups in total. The third-order valence-electron chi connectivity index (χ3n) is 4.49. The van der Waals surface area contributed by atoms with Crippen LogP contribution in [-0.4, -0.2) is 11.9 Å². The highest BCUT2D eigenvalue weighted by molar-refractivity contribution is 5.72. The van der Waals surface area contributed by atoms with Gasteiger partial charge >= 0.3 is 0 Å². The van der Waals surface area contributed by atoms with Gasteiger partial charge in [0.25, 0.3) is 0 Å². The van der Waals surface area contributed by atoms with Crippen molar-refractivity contribution in [3.8, 4) is 0 Å². The summed E-state index contributed by atoms with van der Waals surface area (Å²) in [6.07, 6.45) is 10.4. The molecule has 0 aliphatic carbocycles. The Kier molecular flexibility index (Phi) is 11.9. The number of aliphatic carboxylic acids is 2. The Morgan fingerprint density at radius 1 is 0.727 bits per heavy atom. The Morgan fingerprint density at radius 2 is 1.18 bits per heavy atom. The quantitative estimate of drug-likeness (QED) is 0.435. The molecule has 22 heavy (non-hydrogen) atoms. The topological polar surface area (TPSA) is 80.3 Å². The first-order valence-electron chi connectivity index (χ1n) is 8.89. The molecule has 0 radical (unpaired) electrons. The molecule has 0 heterocycles. The van der Waals surface area contributed by atoms with Crippen molar-refractivity contribution in [3.63, 3.8) is 0 Å². The van der Waals surface area contributed by atoms with Crippen LogP contribution >= 0.6 is 0 Å². The summed E-state index contributed by atoms with van der Waals surface area (Å²) in [5, 5.41) is 22.0. The van der Waals surface area contributed by atoms with Crippen molar-refractivity contribution in [2.75, 3.05) is 0 Å². The monoisotopic (exact) mass is 312 g/mol. The molecular weight excluding hydrogens is 280 g/mol. The van der Waals surface area contributed by atoms with E-state index in [9.17, 15) is 19.8 Å². The van der Waals surface area contributed by atoms with E-state index < -0.39 is 17.4 Å². The number of carbonyl (C=O) groups is 2. The van der Waals surface area contributed by atoms with Gasteiger partial charge in [-0.25, -0.2) is 0 Å². The Bertz CT molecular complexity index is 304. The molecule has 0 bridgehead atoms. The Balaban J connectivity index is 4.20. The number of unbranched alkanes of at least 4 members (excludes halogenated alkanes) is 6. The van der Waals surface area contributed by atoms with Crippen LogP contribution in [0.4, 0.5) is 0 Å². The number of carboxylic acid groups (broad SMARTS) is 2. The zero-order chi connectivity index (χ0) is 16.8. The van der Waals surface area contributed by atoms with Crippen LogP contribution in [-0.2, 0) is 9.59 Å². The predicted octanol–water partition coefficient (Wildman–Crippen LogP) is 2.58. The molecule has 0 saturated carbocycles. The Morgan fingerprint density at radius 3 is 1.64 bits per heavy atom. The van der Waals surface area contributed by atoms with Crippen LogP contribution in [0.3, 0.4) is 0 Å². The summed E-state index contributed by atoms with van der Waals surface area (Å²) < 4.78 is 0. The van der Waals surface area contributed by atoms with Crippen LogP contribution in [0.2, 0.25) is 0 Å². The first kappa shape index (κ1) is 20.9. The number of rotatable bonds is 15. The molecule has 0 unspecified atom stereocenters. The van der Waals surface area contributed by atoms with Crippen LogP contribution in [0, 0.1) is 5.41 Å². The van der Waals surface area contributed by atoms with Gasteiger partial charge in [-0.05, 0) is 32.1 Å². The normalized spacial score (nSPS) is 11.5. The fourth-order valence-electron chi connectivity index (χ4n) is 2.97. The molecule has 0 rings (SSSR count). The van der Waals surface area contributed by atoms with Gasteiger partial charge in [0, 0.05) is 17.4 Å². The fourth-order valence-corrected chi connectivity index (χ4v) is 2.97. The largest absolute Gasteiger partial charge is 0.550 e. The maximum absolute atomic E-state index is 11.7. The fraction of sp³-hybridized carbons (Fsp3) is 0.889. The second-order valence-corrected chi connectivity index (χ2v) is 6.41. The molecule has 0 saturated heterocycles. The van der Waals surface area contributed by atoms with Crippen molar-refractivity contribution < 1.29 is 19.8 Å². The minimum atomic E-state index is -0.991. The summed E-state index contributed by atoms with van der Waals surface area (Å²) in [6, 6.07) is 0. The van der Waals surface area contributed by atoms with Crippen molar-refractivity contribution in [2.45, 2.75) is 97.3 Å². The predicted molar refractivity (Wildman–Crippen MR) is 83.8 cm³/mol. The van der Waals surface area contributed by atoms with E-state index in [4.69, 9.17) is 0 Å². The molecular formula is C18H32O4-2. The molecule has 0 aliphatic rings. The van der Waals surface area contributed by atoms with Crippen molar-refractivity contribution >= 4 is 11.9 Å². The summed E-state index contributed by atoms with van der Waals surface area (Å²) in [6.45, 7) is 4.16. The van der Waals surface area contributed by atoms with Gasteiger partial charge in [-0.2, -0.15) is 0 Å². The standard InChI is InChI=1S/C18H34O4/c1-3-5-13-18(17(21)22,14-6-4-2)15-11-9-7-8-10-12-16(19)20/h3-15H2,1-2H3,(H,19,20)(H,21,22)/p-2. The van der Waals surface area contributed by atoms with E-state index in [0.29, 0.717) is 12.8 Å². The maximum Gasteiger partial charge on any atom is 0.0476 e. The van der Waals surface area contributed by atoms with Crippen molar-refractivity contribution in [1.29, 1.82) is 0 Å². The van der Waals surface area contributed by atoms with Crippen LogP contribution in [0.1, 0.15) is 97.3 Å². The molecule has 0 aromatic heterocycles. The van der Waals surface area contributed by atoms with E-state index in [1.807, 2.05) is 0 Å². The van der Waals surface area contributed by atoms with E-state index in [1.165, 1.54) is 0 Å². The zero-order valence-electron chi connectivity index (χ0n) is 14.3. The van der Waals surface area contributed by atoms with Gasteiger partial charge in [0.2, 0.25) is 0 Å². The molecule has 130 valence electrons. The Labute approximate surface area is 135 Å². The molecule has 0 spiro atoms. The van der Waals surface area contributed by atoms with Gasteiger partial charge < -0.3 is 19.8 Å². The van der Waals surface area contributed by atoms with Crippen molar-refractivity contribution in [2.24, 2.45) is 5.41 Å². The van der Waals surface area contributed by atoms with E-state index in [0.717, 1.165) is 64.2 Å². The number of carboxylic acids is 2. The summed E-state index contributed by atoms with van der Waals surface area (Å²) >= 11 is 0. The number of hydrogen-bond donors (Lipinski definition) is 0. The maximum atomic E-state index is 11.7. The molecule has 0 amide bonds. The van der Waals surface area contributed by atoms with Crippen LogP contribution in [0.5, 0.6) is 0 Å². The van der Waals surface area contributed by atoms with E-state index >= 15 is 0 Å². The minimum absolute atomic E-state index is 0.121. The van der Waals surface area contributed by atoms with E-state index in [-0.39, 0.29) is 6.42 Å². The zero-order valence-corrected chi connectivity index (χ0v) is 14.3. The van der Waals surface area contributed by atoms with Gasteiger partial charge in [0.15, 0.2) is 0 Å². The molecule has 4 nitrogen and oxygen atoms in total. The summed E-state index contributed by atoms with van der Waals surface area (Å²) in [4.78, 5) is 22.0. The third kappa shape index (κ3) is 9.06. The SMILES string of the molecule is CCCCC(CCCC)(CCCCCCCC(=O)[O-])C(=O)[O-]. The smallest absolute Gasteiger partial charge is 0.0476 e. The van der Waals surface area contributed by atoms with Gasteiger partial charge in [0.1, 0.15) is 0 Å². The second kappa shape index (κ2) is 12.5. The van der Waals surface area contributed by atoms with Gasteiger partial charge in [-0.3, -0.25) is 0 Å². The van der Waals surface area contributed by atoms with Gasteiger partial charge in [0.05, 0.1) is 0 Å². The molecule has 4 heteroatoms. The number of hydrogen-bond acceptors (Lipinski definition) is 4. The highest BCUT2D eigenvalue weighted by atomic mass is 16.4. The summed E-state index contributed by atoms with van der Waals surface area (Å²) in [7, 11) is 0. The molecule has 0 aliphatic heterocycles. The highest BCUT2D eigenvalue weighted by Crippen LogP contribution is 2.36. The van der Waals surface area contributed by atoms with E-state index in [1.54, 1.807) is 0 Å². The molecule has 0 aromatic rings. The third-order valence-corrected chi connectivity index (χ3v) is 4.49. The van der Waals surface area contributed by atoms with Crippen molar-refractivity contribution in [3.05, 3.63) is 0 Å². The van der Waals surface area contributed by atoms with Gasteiger partial charge in [-0.15, -0.1) is 0 Å². The Hall–Kier alpha value is -1.06. The second-order valence-electron chi connectivity index (χ2n) is 6.41. The lowest BCUT2D eigenvalue weighted by Gasteiger charge is -2.35. The first-order chi connectivity index (χ1) is 10.5. The van der Waals surface area contributed by atoms with Crippen LogP contribution in [0.15, 0.2) is 0 Å². The lowest BCUT2D eigenvalue weighted by Crippen LogP contribution is -2.42. The average Bonchev–Trinajstić information content (AvgIpc) is 2.47. The van der Waals surface area contributed by atoms with Crippen LogP contribution in [0.25, 0.3) is 0 Å².